The molecule has 0 radical (unpaired) electrons. The van der Waals surface area contributed by atoms with E-state index in [9.17, 15) is 9.59 Å². The van der Waals surface area contributed by atoms with E-state index in [2.05, 4.69) is 25.6 Å². The fourth-order valence-electron chi connectivity index (χ4n) is 4.46. The third-order valence-electron chi connectivity index (χ3n) is 6.32. The molecule has 1 fully saturated rings. The topological polar surface area (TPSA) is 111 Å². The minimum atomic E-state index is -0.0847. The molecular weight excluding hydrogens is 432 g/mol. The van der Waals surface area contributed by atoms with Gasteiger partial charge in [-0.2, -0.15) is 0 Å². The number of hydrogen-bond donors (Lipinski definition) is 2. The zero-order valence-corrected chi connectivity index (χ0v) is 18.9. The van der Waals surface area contributed by atoms with E-state index < -0.39 is 0 Å². The first-order chi connectivity index (χ1) is 16.6. The highest BCUT2D eigenvalue weighted by Gasteiger charge is 2.26. The number of rotatable bonds is 6. The molecule has 9 heteroatoms. The van der Waals surface area contributed by atoms with Crippen molar-refractivity contribution >= 4 is 28.3 Å². The summed E-state index contributed by atoms with van der Waals surface area (Å²) < 4.78 is 6.74. The molecule has 1 saturated carbocycles. The zero-order chi connectivity index (χ0) is 23.5. The zero-order valence-electron chi connectivity index (χ0n) is 18.9. The maximum atomic E-state index is 13.0. The van der Waals surface area contributed by atoms with Gasteiger partial charge in [0.15, 0.2) is 0 Å². The molecule has 9 nitrogen and oxygen atoms in total. The molecule has 1 amide bonds. The quantitative estimate of drug-likeness (QED) is 0.457. The Kier molecular flexibility index (Phi) is 6.18. The first-order valence-electron chi connectivity index (χ1n) is 11.4. The Morgan fingerprint density at radius 1 is 1.12 bits per heavy atom. The molecule has 1 aliphatic rings. The number of anilines is 1. The third kappa shape index (κ3) is 4.60. The van der Waals surface area contributed by atoms with Crippen molar-refractivity contribution < 1.29 is 9.53 Å². The van der Waals surface area contributed by atoms with Crippen LogP contribution in [0.4, 0.5) is 5.69 Å². The second-order valence-corrected chi connectivity index (χ2v) is 8.51. The number of carbonyl (C=O) groups is 1. The van der Waals surface area contributed by atoms with E-state index in [0.29, 0.717) is 34.8 Å². The van der Waals surface area contributed by atoms with Gasteiger partial charge in [0, 0.05) is 43.0 Å². The van der Waals surface area contributed by atoms with Gasteiger partial charge in [0.2, 0.25) is 11.8 Å². The van der Waals surface area contributed by atoms with Crippen LogP contribution in [0.15, 0.2) is 59.7 Å². The van der Waals surface area contributed by atoms with Crippen LogP contribution in [0, 0.1) is 5.92 Å². The van der Waals surface area contributed by atoms with E-state index in [1.165, 1.54) is 4.40 Å². The number of pyridine rings is 3. The molecule has 0 spiro atoms. The van der Waals surface area contributed by atoms with Crippen molar-refractivity contribution in [3.8, 4) is 5.88 Å². The van der Waals surface area contributed by atoms with Crippen LogP contribution in [0.2, 0.25) is 0 Å². The second kappa shape index (κ2) is 9.56. The minimum Gasteiger partial charge on any atom is -0.481 e. The first kappa shape index (κ1) is 22.0. The van der Waals surface area contributed by atoms with E-state index in [4.69, 9.17) is 4.74 Å². The predicted molar refractivity (Wildman–Crippen MR) is 129 cm³/mol. The molecule has 0 aromatic carbocycles. The van der Waals surface area contributed by atoms with Crippen LogP contribution in [0.3, 0.4) is 0 Å². The summed E-state index contributed by atoms with van der Waals surface area (Å²) in [6.07, 6.45) is 6.73. The number of ether oxygens (including phenoxy) is 1. The molecule has 174 valence electrons. The molecule has 0 unspecified atom stereocenters. The summed E-state index contributed by atoms with van der Waals surface area (Å²) in [5.41, 5.74) is 3.24. The number of aromatic nitrogens is 4. The van der Waals surface area contributed by atoms with Gasteiger partial charge in [0.05, 0.1) is 24.0 Å². The number of amides is 1. The van der Waals surface area contributed by atoms with Gasteiger partial charge in [-0.1, -0.05) is 6.07 Å². The molecule has 34 heavy (non-hydrogen) atoms. The van der Waals surface area contributed by atoms with E-state index in [-0.39, 0.29) is 23.4 Å². The Labute approximate surface area is 196 Å². The van der Waals surface area contributed by atoms with E-state index in [0.717, 1.165) is 31.4 Å². The van der Waals surface area contributed by atoms with Crippen LogP contribution >= 0.6 is 0 Å². The Morgan fingerprint density at radius 2 is 1.97 bits per heavy atom. The average molecular weight is 459 g/mol. The van der Waals surface area contributed by atoms with Crippen molar-refractivity contribution in [3.63, 3.8) is 0 Å². The molecule has 2 N–H and O–H groups in total. The lowest BCUT2D eigenvalue weighted by Gasteiger charge is -2.28. The summed E-state index contributed by atoms with van der Waals surface area (Å²) >= 11 is 0. The predicted octanol–water partition coefficient (Wildman–Crippen LogP) is 2.93. The van der Waals surface area contributed by atoms with Gasteiger partial charge >= 0.3 is 0 Å². The van der Waals surface area contributed by atoms with E-state index in [1.807, 2.05) is 24.3 Å². The second-order valence-electron chi connectivity index (χ2n) is 8.51. The molecule has 1 aliphatic carbocycles. The van der Waals surface area contributed by atoms with Gasteiger partial charge in [-0.05, 0) is 49.9 Å². The number of methoxy groups -OCH3 is 1. The summed E-state index contributed by atoms with van der Waals surface area (Å²) in [6.45, 7) is 0.526. The Hall–Kier alpha value is -3.85. The Morgan fingerprint density at radius 3 is 2.79 bits per heavy atom. The van der Waals surface area contributed by atoms with Crippen molar-refractivity contribution in [2.45, 2.75) is 38.3 Å². The van der Waals surface area contributed by atoms with Crippen LogP contribution in [0.1, 0.15) is 31.4 Å². The van der Waals surface area contributed by atoms with Gasteiger partial charge in [0.1, 0.15) is 11.2 Å². The molecule has 4 aromatic rings. The lowest BCUT2D eigenvalue weighted by Crippen LogP contribution is -2.36. The van der Waals surface area contributed by atoms with Gasteiger partial charge < -0.3 is 15.4 Å². The standard InChI is InChI=1S/C25H26N6O3/c1-34-22-10-9-19-24(30-22)20(11-12-26-19)29-25(33)16-5-7-17(8-6-16)27-15-18-14-23(32)31-13-3-2-4-21(31)28-18/h2-4,9-14,16-17,27H,5-8,15H2,1H3,(H,26,29,33). The van der Waals surface area contributed by atoms with Crippen molar-refractivity contribution in [2.24, 2.45) is 5.92 Å². The molecule has 0 bridgehead atoms. The highest BCUT2D eigenvalue weighted by Crippen LogP contribution is 2.28. The SMILES string of the molecule is COc1ccc2nccc(NC(=O)C3CCC(NCc4cc(=O)n5ccccc5n4)CC3)c2n1. The number of carbonyl (C=O) groups excluding carboxylic acids is 1. The fourth-order valence-corrected chi connectivity index (χ4v) is 4.46. The molecular formula is C25H26N6O3. The maximum Gasteiger partial charge on any atom is 0.258 e. The normalized spacial score (nSPS) is 18.1. The Bertz CT molecular complexity index is 1390. The third-order valence-corrected chi connectivity index (χ3v) is 6.32. The average Bonchev–Trinajstić information content (AvgIpc) is 2.88. The summed E-state index contributed by atoms with van der Waals surface area (Å²) in [5.74, 6) is 0.418. The largest absolute Gasteiger partial charge is 0.481 e. The molecule has 0 atom stereocenters. The van der Waals surface area contributed by atoms with Crippen LogP contribution in [0.25, 0.3) is 16.7 Å². The van der Waals surface area contributed by atoms with Gasteiger partial charge in [0.25, 0.3) is 5.56 Å². The molecule has 4 heterocycles. The summed E-state index contributed by atoms with van der Waals surface area (Å²) in [7, 11) is 1.56. The van der Waals surface area contributed by atoms with E-state index in [1.54, 1.807) is 37.7 Å². The van der Waals surface area contributed by atoms with Crippen LogP contribution in [-0.2, 0) is 11.3 Å². The first-order valence-corrected chi connectivity index (χ1v) is 11.4. The number of nitrogens with zero attached hydrogens (tertiary/aromatic N) is 4. The number of fused-ring (bicyclic) bond motifs is 2. The highest BCUT2D eigenvalue weighted by atomic mass is 16.5. The van der Waals surface area contributed by atoms with Crippen molar-refractivity contribution in [1.82, 2.24) is 24.7 Å². The maximum absolute atomic E-state index is 13.0. The Balaban J connectivity index is 1.18. The van der Waals surface area contributed by atoms with Gasteiger partial charge in [-0.3, -0.25) is 19.0 Å². The van der Waals surface area contributed by atoms with Gasteiger partial charge in [-0.25, -0.2) is 9.97 Å². The van der Waals surface area contributed by atoms with Crippen LogP contribution in [-0.4, -0.2) is 38.4 Å². The molecule has 5 rings (SSSR count). The van der Waals surface area contributed by atoms with Crippen LogP contribution < -0.4 is 20.9 Å². The minimum absolute atomic E-state index is 0.000197. The smallest absolute Gasteiger partial charge is 0.258 e. The number of nitrogens with one attached hydrogen (secondary N) is 2. The highest BCUT2D eigenvalue weighted by molar-refractivity contribution is 6.00. The lowest BCUT2D eigenvalue weighted by molar-refractivity contribution is -0.120. The fraction of sp³-hybridized carbons (Fsp3) is 0.320. The summed E-state index contributed by atoms with van der Waals surface area (Å²) in [5, 5.41) is 6.54. The van der Waals surface area contributed by atoms with Crippen LogP contribution in [0.5, 0.6) is 5.88 Å². The number of hydrogen-bond acceptors (Lipinski definition) is 7. The van der Waals surface area contributed by atoms with Gasteiger partial charge in [-0.15, -0.1) is 0 Å². The summed E-state index contributed by atoms with van der Waals surface area (Å²) in [6, 6.07) is 12.7. The summed E-state index contributed by atoms with van der Waals surface area (Å²) in [4.78, 5) is 38.5. The van der Waals surface area contributed by atoms with Crippen molar-refractivity contribution in [3.05, 3.63) is 70.9 Å². The monoisotopic (exact) mass is 458 g/mol. The van der Waals surface area contributed by atoms with E-state index >= 15 is 0 Å². The lowest BCUT2D eigenvalue weighted by atomic mass is 9.85. The van der Waals surface area contributed by atoms with Crippen molar-refractivity contribution in [1.29, 1.82) is 0 Å². The molecule has 0 saturated heterocycles. The molecule has 4 aromatic heterocycles. The molecule has 0 aliphatic heterocycles. The van der Waals surface area contributed by atoms with Crippen molar-refractivity contribution in [2.75, 3.05) is 12.4 Å².